The molecule has 2 aliphatic rings. The summed E-state index contributed by atoms with van der Waals surface area (Å²) in [4.78, 5) is 11.4. The van der Waals surface area contributed by atoms with Crippen molar-refractivity contribution in [3.63, 3.8) is 0 Å². The second kappa shape index (κ2) is 3.76. The number of aliphatic hydroxyl groups is 1. The first kappa shape index (κ1) is 10.9. The van der Waals surface area contributed by atoms with Gasteiger partial charge in [0.25, 0.3) is 0 Å². The Labute approximate surface area is 89.2 Å². The molecule has 0 aromatic heterocycles. The van der Waals surface area contributed by atoms with Crippen LogP contribution in [0.1, 0.15) is 26.2 Å². The zero-order valence-electron chi connectivity index (χ0n) is 8.98. The first-order chi connectivity index (χ1) is 7.06. The second-order valence-electron chi connectivity index (χ2n) is 5.02. The molecule has 4 unspecified atom stereocenters. The molecular formula is C11H18O4. The molecule has 0 aromatic rings. The molecule has 1 aliphatic heterocycles. The van der Waals surface area contributed by atoms with E-state index in [-0.39, 0.29) is 12.5 Å². The summed E-state index contributed by atoms with van der Waals surface area (Å²) in [6.45, 7) is 2.75. The van der Waals surface area contributed by atoms with E-state index in [9.17, 15) is 15.0 Å². The molecular weight excluding hydrogens is 196 g/mol. The standard InChI is InChI=1S/C11H18O4/c1-7-2-3-11(4-7,10(13)14)8-5-15-6-9(8)12/h7-9,12H,2-6H2,1H3,(H,13,14). The summed E-state index contributed by atoms with van der Waals surface area (Å²) < 4.78 is 5.18. The van der Waals surface area contributed by atoms with Gasteiger partial charge in [0.1, 0.15) is 0 Å². The maximum Gasteiger partial charge on any atom is 0.310 e. The molecule has 2 fully saturated rings. The predicted molar refractivity (Wildman–Crippen MR) is 53.4 cm³/mol. The third-order valence-corrected chi connectivity index (χ3v) is 3.98. The van der Waals surface area contributed by atoms with Crippen LogP contribution in [0.4, 0.5) is 0 Å². The van der Waals surface area contributed by atoms with Gasteiger partial charge in [-0.05, 0) is 25.2 Å². The maximum atomic E-state index is 11.4. The van der Waals surface area contributed by atoms with Crippen LogP contribution in [0.3, 0.4) is 0 Å². The molecule has 2 N–H and O–H groups in total. The highest BCUT2D eigenvalue weighted by atomic mass is 16.5. The highest BCUT2D eigenvalue weighted by Crippen LogP contribution is 2.49. The van der Waals surface area contributed by atoms with Gasteiger partial charge >= 0.3 is 5.97 Å². The molecule has 4 atom stereocenters. The SMILES string of the molecule is CC1CCC(C(=O)O)(C2COCC2O)C1. The van der Waals surface area contributed by atoms with Crippen molar-refractivity contribution in [3.05, 3.63) is 0 Å². The molecule has 0 aromatic carbocycles. The molecule has 1 saturated carbocycles. The number of ether oxygens (including phenoxy) is 1. The summed E-state index contributed by atoms with van der Waals surface area (Å²) >= 11 is 0. The normalized spacial score (nSPS) is 45.9. The Balaban J connectivity index is 2.23. The Bertz CT molecular complexity index is 265. The lowest BCUT2D eigenvalue weighted by atomic mass is 9.72. The lowest BCUT2D eigenvalue weighted by Crippen LogP contribution is -2.42. The van der Waals surface area contributed by atoms with Crippen molar-refractivity contribution in [2.24, 2.45) is 17.3 Å². The molecule has 0 amide bonds. The topological polar surface area (TPSA) is 66.8 Å². The highest BCUT2D eigenvalue weighted by molar-refractivity contribution is 5.75. The minimum absolute atomic E-state index is 0.222. The number of hydrogen-bond acceptors (Lipinski definition) is 3. The van der Waals surface area contributed by atoms with Gasteiger partial charge in [-0.1, -0.05) is 6.92 Å². The Morgan fingerprint density at radius 2 is 2.20 bits per heavy atom. The zero-order chi connectivity index (χ0) is 11.1. The fraction of sp³-hybridized carbons (Fsp3) is 0.909. The smallest absolute Gasteiger partial charge is 0.310 e. The zero-order valence-corrected chi connectivity index (χ0v) is 8.98. The van der Waals surface area contributed by atoms with Crippen molar-refractivity contribution in [2.75, 3.05) is 13.2 Å². The van der Waals surface area contributed by atoms with Gasteiger partial charge in [-0.15, -0.1) is 0 Å². The minimum atomic E-state index is -0.763. The minimum Gasteiger partial charge on any atom is -0.481 e. The maximum absolute atomic E-state index is 11.4. The number of carbonyl (C=O) groups is 1. The van der Waals surface area contributed by atoms with E-state index in [2.05, 4.69) is 6.92 Å². The Hall–Kier alpha value is -0.610. The van der Waals surface area contributed by atoms with Crippen LogP contribution >= 0.6 is 0 Å². The first-order valence-electron chi connectivity index (χ1n) is 5.55. The van der Waals surface area contributed by atoms with Crippen molar-refractivity contribution in [1.29, 1.82) is 0 Å². The van der Waals surface area contributed by atoms with Gasteiger partial charge in [0.2, 0.25) is 0 Å². The quantitative estimate of drug-likeness (QED) is 0.716. The highest BCUT2D eigenvalue weighted by Gasteiger charge is 2.53. The fourth-order valence-electron chi connectivity index (χ4n) is 3.09. The van der Waals surface area contributed by atoms with Crippen LogP contribution < -0.4 is 0 Å². The monoisotopic (exact) mass is 214 g/mol. The van der Waals surface area contributed by atoms with Crippen LogP contribution in [0.15, 0.2) is 0 Å². The van der Waals surface area contributed by atoms with Crippen LogP contribution in [0.2, 0.25) is 0 Å². The fourth-order valence-corrected chi connectivity index (χ4v) is 3.09. The van der Waals surface area contributed by atoms with Crippen LogP contribution in [-0.2, 0) is 9.53 Å². The molecule has 2 rings (SSSR count). The average Bonchev–Trinajstić information content (AvgIpc) is 2.72. The number of hydrogen-bond donors (Lipinski definition) is 2. The molecule has 1 heterocycles. The molecule has 1 aliphatic carbocycles. The van der Waals surface area contributed by atoms with Crippen molar-refractivity contribution in [1.82, 2.24) is 0 Å². The van der Waals surface area contributed by atoms with Crippen LogP contribution in [-0.4, -0.2) is 35.5 Å². The van der Waals surface area contributed by atoms with Gasteiger partial charge in [-0.3, -0.25) is 4.79 Å². The average molecular weight is 214 g/mol. The van der Waals surface area contributed by atoms with E-state index >= 15 is 0 Å². The van der Waals surface area contributed by atoms with Crippen molar-refractivity contribution >= 4 is 5.97 Å². The second-order valence-corrected chi connectivity index (χ2v) is 5.02. The number of rotatable bonds is 2. The Morgan fingerprint density at radius 3 is 2.60 bits per heavy atom. The molecule has 4 nitrogen and oxygen atoms in total. The molecule has 86 valence electrons. The third-order valence-electron chi connectivity index (χ3n) is 3.98. The summed E-state index contributed by atoms with van der Waals surface area (Å²) in [5.41, 5.74) is -0.741. The van der Waals surface area contributed by atoms with Gasteiger partial charge in [0.15, 0.2) is 0 Å². The largest absolute Gasteiger partial charge is 0.481 e. The summed E-state index contributed by atoms with van der Waals surface area (Å²) in [6, 6.07) is 0. The van der Waals surface area contributed by atoms with E-state index < -0.39 is 17.5 Å². The van der Waals surface area contributed by atoms with Gasteiger partial charge < -0.3 is 14.9 Å². The number of carboxylic acids is 1. The van der Waals surface area contributed by atoms with Crippen LogP contribution in [0.5, 0.6) is 0 Å². The Kier molecular flexibility index (Phi) is 2.73. The van der Waals surface area contributed by atoms with Crippen LogP contribution in [0, 0.1) is 17.3 Å². The lowest BCUT2D eigenvalue weighted by Gasteiger charge is -2.32. The van der Waals surface area contributed by atoms with Gasteiger partial charge in [-0.2, -0.15) is 0 Å². The number of aliphatic hydroxyl groups excluding tert-OH is 1. The van der Waals surface area contributed by atoms with Gasteiger partial charge in [0.05, 0.1) is 24.7 Å². The summed E-state index contributed by atoms with van der Waals surface area (Å²) in [6.07, 6.45) is 1.68. The third kappa shape index (κ3) is 1.66. The predicted octanol–water partition coefficient (Wildman–Crippen LogP) is 0.885. The number of aliphatic carboxylic acids is 1. The number of carboxylic acid groups (broad SMARTS) is 1. The van der Waals surface area contributed by atoms with E-state index in [1.165, 1.54) is 0 Å². The Morgan fingerprint density at radius 1 is 1.47 bits per heavy atom. The first-order valence-corrected chi connectivity index (χ1v) is 5.55. The van der Waals surface area contributed by atoms with Crippen molar-refractivity contribution in [2.45, 2.75) is 32.3 Å². The van der Waals surface area contributed by atoms with E-state index in [0.29, 0.717) is 25.4 Å². The van der Waals surface area contributed by atoms with Gasteiger partial charge in [-0.25, -0.2) is 0 Å². The summed E-state index contributed by atoms with van der Waals surface area (Å²) in [7, 11) is 0. The van der Waals surface area contributed by atoms with E-state index in [4.69, 9.17) is 4.74 Å². The lowest BCUT2D eigenvalue weighted by molar-refractivity contribution is -0.154. The molecule has 0 bridgehead atoms. The summed E-state index contributed by atoms with van der Waals surface area (Å²) in [5.74, 6) is -0.546. The summed E-state index contributed by atoms with van der Waals surface area (Å²) in [5, 5.41) is 19.2. The molecule has 1 saturated heterocycles. The molecule has 0 radical (unpaired) electrons. The molecule has 4 heteroatoms. The molecule has 0 spiro atoms. The van der Waals surface area contributed by atoms with Gasteiger partial charge in [0, 0.05) is 5.92 Å². The van der Waals surface area contributed by atoms with Crippen molar-refractivity contribution in [3.8, 4) is 0 Å². The van der Waals surface area contributed by atoms with Crippen LogP contribution in [0.25, 0.3) is 0 Å². The van der Waals surface area contributed by atoms with Crippen molar-refractivity contribution < 1.29 is 19.7 Å². The molecule has 15 heavy (non-hydrogen) atoms. The van der Waals surface area contributed by atoms with E-state index in [0.717, 1.165) is 6.42 Å². The van der Waals surface area contributed by atoms with E-state index in [1.54, 1.807) is 0 Å². The van der Waals surface area contributed by atoms with E-state index in [1.807, 2.05) is 0 Å².